The van der Waals surface area contributed by atoms with Gasteiger partial charge in [-0.3, -0.25) is 9.59 Å². The van der Waals surface area contributed by atoms with Crippen LogP contribution in [0.1, 0.15) is 43.8 Å². The molecule has 2 aromatic heterocycles. The van der Waals surface area contributed by atoms with Crippen molar-refractivity contribution in [1.29, 1.82) is 0 Å². The third-order valence-electron chi connectivity index (χ3n) is 7.59. The van der Waals surface area contributed by atoms with Crippen molar-refractivity contribution in [2.24, 2.45) is 0 Å². The third-order valence-corrected chi connectivity index (χ3v) is 10.5. The van der Waals surface area contributed by atoms with E-state index in [1.807, 2.05) is 30.3 Å². The summed E-state index contributed by atoms with van der Waals surface area (Å²) < 4.78 is 38.3. The van der Waals surface area contributed by atoms with E-state index in [1.165, 1.54) is 17.4 Å². The van der Waals surface area contributed by atoms with Crippen molar-refractivity contribution >= 4 is 44.4 Å². The molecule has 0 saturated carbocycles. The van der Waals surface area contributed by atoms with Crippen LogP contribution in [0, 0.1) is 12.7 Å². The smallest absolute Gasteiger partial charge is 0.276 e. The Hall–Kier alpha value is -3.89. The summed E-state index contributed by atoms with van der Waals surface area (Å²) in [7, 11) is -1.38. The Kier molecular flexibility index (Phi) is 8.56. The largest absolute Gasteiger partial charge is 0.359 e. The zero-order valence-electron chi connectivity index (χ0n) is 23.8. The predicted molar refractivity (Wildman–Crippen MR) is 166 cm³/mol. The van der Waals surface area contributed by atoms with Crippen LogP contribution in [0.2, 0.25) is 0 Å². The van der Waals surface area contributed by atoms with Gasteiger partial charge in [-0.15, -0.1) is 11.3 Å². The lowest BCUT2D eigenvalue weighted by atomic mass is 10.0. The van der Waals surface area contributed by atoms with E-state index < -0.39 is 9.84 Å². The fourth-order valence-corrected chi connectivity index (χ4v) is 7.03. The first kappa shape index (κ1) is 29.6. The first-order valence-electron chi connectivity index (χ1n) is 13.8. The molecule has 0 bridgehead atoms. The highest BCUT2D eigenvalue weighted by molar-refractivity contribution is 7.91. The second-order valence-electron chi connectivity index (χ2n) is 10.4. The molecule has 0 atom stereocenters. The van der Waals surface area contributed by atoms with E-state index in [9.17, 15) is 22.4 Å². The normalized spacial score (nSPS) is 12.8. The van der Waals surface area contributed by atoms with Crippen LogP contribution in [0.4, 0.5) is 15.9 Å². The van der Waals surface area contributed by atoms with E-state index in [4.69, 9.17) is 0 Å². The molecule has 0 aliphatic carbocycles. The molecule has 4 aromatic rings. The lowest BCUT2D eigenvalue weighted by molar-refractivity contribution is 0.0978. The zero-order valence-corrected chi connectivity index (χ0v) is 25.4. The number of halogens is 1. The van der Waals surface area contributed by atoms with Gasteiger partial charge in [-0.25, -0.2) is 17.8 Å². The molecular weight excluding hydrogens is 574 g/mol. The number of benzene rings is 2. The molecule has 5 rings (SSSR count). The Morgan fingerprint density at radius 3 is 2.60 bits per heavy atom. The van der Waals surface area contributed by atoms with Gasteiger partial charge in [-0.2, -0.15) is 0 Å². The topological polar surface area (TPSA) is 87.7 Å². The predicted octanol–water partition coefficient (Wildman–Crippen LogP) is 5.76. The van der Waals surface area contributed by atoms with Gasteiger partial charge in [0, 0.05) is 42.8 Å². The number of aryl methyl sites for hydroxylation is 1. The Bertz CT molecular complexity index is 1750. The molecule has 0 saturated heterocycles. The standard InChI is InChI=1S/C32H32FN3O4S2/c1-4-42(39,40)18-17-35(3)30-14-8-12-26(34-30)32(38)36-16-15-22-19-29(41-31(22)23-10-5-6-13-27(23)36)28(37)20-24-21(2)9-7-11-25(24)33/h5-14,19H,4,15-18,20H2,1-3H3. The maximum absolute atomic E-state index is 14.4. The Balaban J connectivity index is 1.40. The highest BCUT2D eigenvalue weighted by Gasteiger charge is 2.28. The van der Waals surface area contributed by atoms with Crippen molar-refractivity contribution in [2.45, 2.75) is 26.7 Å². The second-order valence-corrected chi connectivity index (χ2v) is 13.9. The average Bonchev–Trinajstić information content (AvgIpc) is 3.36. The Labute approximate surface area is 249 Å². The monoisotopic (exact) mass is 605 g/mol. The number of hydrogen-bond donors (Lipinski definition) is 0. The molecule has 10 heteroatoms. The molecule has 1 aliphatic rings. The number of carbonyl (C=O) groups is 2. The molecule has 0 unspecified atom stereocenters. The van der Waals surface area contributed by atoms with E-state index in [1.54, 1.807) is 61.0 Å². The maximum Gasteiger partial charge on any atom is 0.276 e. The van der Waals surface area contributed by atoms with Crippen LogP contribution in [-0.2, 0) is 22.7 Å². The quantitative estimate of drug-likeness (QED) is 0.226. The van der Waals surface area contributed by atoms with Crippen molar-refractivity contribution in [2.75, 3.05) is 41.4 Å². The van der Waals surface area contributed by atoms with Crippen molar-refractivity contribution in [1.82, 2.24) is 4.98 Å². The van der Waals surface area contributed by atoms with Crippen LogP contribution in [0.5, 0.6) is 0 Å². The summed E-state index contributed by atoms with van der Waals surface area (Å²) in [5.74, 6) is -0.179. The van der Waals surface area contributed by atoms with E-state index in [2.05, 4.69) is 4.98 Å². The second kappa shape index (κ2) is 12.1. The number of ketones is 1. The van der Waals surface area contributed by atoms with Gasteiger partial charge in [0.15, 0.2) is 15.6 Å². The fourth-order valence-electron chi connectivity index (χ4n) is 5.01. The van der Waals surface area contributed by atoms with E-state index in [0.717, 1.165) is 27.3 Å². The molecule has 218 valence electrons. The minimum Gasteiger partial charge on any atom is -0.359 e. The summed E-state index contributed by atoms with van der Waals surface area (Å²) in [5.41, 5.74) is 3.96. The number of aromatic nitrogens is 1. The van der Waals surface area contributed by atoms with Crippen LogP contribution >= 0.6 is 11.3 Å². The van der Waals surface area contributed by atoms with Gasteiger partial charge in [0.2, 0.25) is 0 Å². The molecule has 0 spiro atoms. The Morgan fingerprint density at radius 2 is 1.83 bits per heavy atom. The van der Waals surface area contributed by atoms with Crippen LogP contribution in [0.15, 0.2) is 66.7 Å². The molecule has 0 radical (unpaired) electrons. The van der Waals surface area contributed by atoms with Gasteiger partial charge in [0.05, 0.1) is 16.3 Å². The van der Waals surface area contributed by atoms with Crippen LogP contribution < -0.4 is 9.80 Å². The molecule has 0 N–H and O–H groups in total. The van der Waals surface area contributed by atoms with Gasteiger partial charge in [0.1, 0.15) is 17.3 Å². The summed E-state index contributed by atoms with van der Waals surface area (Å²) in [6.07, 6.45) is 0.526. The summed E-state index contributed by atoms with van der Waals surface area (Å²) in [4.78, 5) is 36.6. The Morgan fingerprint density at radius 1 is 1.07 bits per heavy atom. The molecule has 3 heterocycles. The summed E-state index contributed by atoms with van der Waals surface area (Å²) >= 11 is 1.37. The summed E-state index contributed by atoms with van der Waals surface area (Å²) in [6, 6.07) is 19.5. The van der Waals surface area contributed by atoms with Gasteiger partial charge in [0.25, 0.3) is 5.91 Å². The summed E-state index contributed by atoms with van der Waals surface area (Å²) in [5, 5.41) is 0. The molecule has 7 nitrogen and oxygen atoms in total. The lowest BCUT2D eigenvalue weighted by Gasteiger charge is -2.24. The number of amides is 1. The van der Waals surface area contributed by atoms with Gasteiger partial charge < -0.3 is 9.80 Å². The first-order chi connectivity index (χ1) is 20.1. The number of anilines is 2. The number of fused-ring (bicyclic) bond motifs is 3. The highest BCUT2D eigenvalue weighted by atomic mass is 32.2. The number of para-hydroxylation sites is 1. The van der Waals surface area contributed by atoms with Crippen molar-refractivity contribution in [3.63, 3.8) is 0 Å². The molecule has 1 amide bonds. The minimum atomic E-state index is -3.13. The average molecular weight is 606 g/mol. The van der Waals surface area contributed by atoms with Crippen LogP contribution in [0.25, 0.3) is 10.4 Å². The number of pyridine rings is 1. The van der Waals surface area contributed by atoms with Crippen molar-refractivity contribution in [3.05, 3.63) is 99.8 Å². The fraction of sp³-hybridized carbons (Fsp3) is 0.281. The highest BCUT2D eigenvalue weighted by Crippen LogP contribution is 2.42. The van der Waals surface area contributed by atoms with E-state index in [-0.39, 0.29) is 47.7 Å². The zero-order chi connectivity index (χ0) is 30.0. The van der Waals surface area contributed by atoms with Crippen LogP contribution in [-0.4, -0.2) is 56.7 Å². The van der Waals surface area contributed by atoms with Gasteiger partial charge >= 0.3 is 0 Å². The number of thiophene rings is 1. The SMILES string of the molecule is CCS(=O)(=O)CCN(C)c1cccc(C(=O)N2CCc3cc(C(=O)Cc4c(C)cccc4F)sc3-c3ccccc32)n1. The first-order valence-corrected chi connectivity index (χ1v) is 16.4. The number of nitrogens with zero attached hydrogens (tertiary/aromatic N) is 3. The molecular formula is C32H32FN3O4S2. The van der Waals surface area contributed by atoms with E-state index >= 15 is 0 Å². The van der Waals surface area contributed by atoms with Gasteiger partial charge in [-0.1, -0.05) is 43.3 Å². The number of rotatable bonds is 9. The molecule has 2 aromatic carbocycles. The van der Waals surface area contributed by atoms with Gasteiger partial charge in [-0.05, 0) is 60.4 Å². The third kappa shape index (κ3) is 6.15. The maximum atomic E-state index is 14.4. The summed E-state index contributed by atoms with van der Waals surface area (Å²) in [6.45, 7) is 4.08. The molecule has 42 heavy (non-hydrogen) atoms. The van der Waals surface area contributed by atoms with Crippen LogP contribution in [0.3, 0.4) is 0 Å². The number of sulfone groups is 1. The number of carbonyl (C=O) groups excluding carboxylic acids is 2. The van der Waals surface area contributed by atoms with Crippen molar-refractivity contribution < 1.29 is 22.4 Å². The number of Topliss-reactive ketones (excluding diaryl/α,β-unsaturated/α-hetero) is 1. The minimum absolute atomic E-state index is 0.00610. The van der Waals surface area contributed by atoms with E-state index in [0.29, 0.717) is 29.2 Å². The number of hydrogen-bond acceptors (Lipinski definition) is 7. The lowest BCUT2D eigenvalue weighted by Crippen LogP contribution is -2.33. The molecule has 0 fully saturated rings. The van der Waals surface area contributed by atoms with Crippen molar-refractivity contribution in [3.8, 4) is 10.4 Å². The molecule has 1 aliphatic heterocycles.